The van der Waals surface area contributed by atoms with Gasteiger partial charge in [0.15, 0.2) is 0 Å². The zero-order valence-electron chi connectivity index (χ0n) is 24.9. The van der Waals surface area contributed by atoms with Crippen LogP contribution in [0.5, 0.6) is 0 Å². The van der Waals surface area contributed by atoms with Gasteiger partial charge in [-0.1, -0.05) is 85.0 Å². The molecule has 216 valence electrons. The molecule has 0 saturated heterocycles. The largest absolute Gasteiger partial charge is 0.299 e. The Morgan fingerprint density at radius 2 is 1.46 bits per heavy atom. The maximum atomic E-state index is 5.12. The van der Waals surface area contributed by atoms with Crippen LogP contribution in [0.15, 0.2) is 146 Å². The Morgan fingerprint density at radius 3 is 2.41 bits per heavy atom. The minimum absolute atomic E-state index is 0.376. The van der Waals surface area contributed by atoms with Crippen molar-refractivity contribution < 1.29 is 0 Å². The molecule has 0 amide bonds. The predicted molar refractivity (Wildman–Crippen MR) is 195 cm³/mol. The number of rotatable bonds is 3. The van der Waals surface area contributed by atoms with Gasteiger partial charge in [0.25, 0.3) is 0 Å². The highest BCUT2D eigenvalue weighted by atomic mass is 32.1. The van der Waals surface area contributed by atoms with Gasteiger partial charge in [0, 0.05) is 54.8 Å². The average Bonchev–Trinajstić information content (AvgIpc) is 3.70. The third kappa shape index (κ3) is 3.90. The number of benzene rings is 5. The molecule has 5 aromatic carbocycles. The maximum absolute atomic E-state index is 5.12. The molecule has 0 aliphatic heterocycles. The van der Waals surface area contributed by atoms with Crippen molar-refractivity contribution in [2.75, 3.05) is 0 Å². The van der Waals surface area contributed by atoms with Gasteiger partial charge in [-0.05, 0) is 82.4 Å². The molecule has 3 nitrogen and oxygen atoms in total. The van der Waals surface area contributed by atoms with Crippen LogP contribution in [0.4, 0.5) is 0 Å². The van der Waals surface area contributed by atoms with Crippen molar-refractivity contribution in [3.8, 4) is 22.4 Å². The van der Waals surface area contributed by atoms with Crippen molar-refractivity contribution in [3.05, 3.63) is 151 Å². The number of allylic oxidation sites excluding steroid dienone is 4. The topological polar surface area (TPSA) is 30.2 Å². The Kier molecular flexibility index (Phi) is 5.57. The Labute approximate surface area is 269 Å². The van der Waals surface area contributed by atoms with Crippen molar-refractivity contribution in [3.63, 3.8) is 0 Å². The lowest BCUT2D eigenvalue weighted by molar-refractivity contribution is 0.855. The Morgan fingerprint density at radius 1 is 0.630 bits per heavy atom. The van der Waals surface area contributed by atoms with E-state index in [-0.39, 0.29) is 0 Å². The van der Waals surface area contributed by atoms with Crippen molar-refractivity contribution in [1.82, 2.24) is 14.4 Å². The van der Waals surface area contributed by atoms with Gasteiger partial charge in [-0.15, -0.1) is 11.3 Å². The number of thiophene rings is 1. The highest BCUT2D eigenvalue weighted by molar-refractivity contribution is 7.25. The number of nitrogens with zero attached hydrogens (tertiary/aromatic N) is 3. The quantitative estimate of drug-likeness (QED) is 0.188. The smallest absolute Gasteiger partial charge is 0.137 e. The summed E-state index contributed by atoms with van der Waals surface area (Å²) in [6, 6.07) is 39.8. The van der Waals surface area contributed by atoms with Gasteiger partial charge in [-0.2, -0.15) is 0 Å². The molecule has 9 aromatic rings. The van der Waals surface area contributed by atoms with Gasteiger partial charge in [0.2, 0.25) is 0 Å². The van der Waals surface area contributed by atoms with Gasteiger partial charge in [-0.25, -0.2) is 4.98 Å². The first-order valence-electron chi connectivity index (χ1n) is 15.8. The van der Waals surface area contributed by atoms with Crippen LogP contribution >= 0.6 is 11.3 Å². The van der Waals surface area contributed by atoms with E-state index in [1.165, 1.54) is 58.4 Å². The molecule has 0 bridgehead atoms. The van der Waals surface area contributed by atoms with Crippen LogP contribution in [-0.4, -0.2) is 14.4 Å². The van der Waals surface area contributed by atoms with Crippen LogP contribution in [0, 0.1) is 0 Å². The van der Waals surface area contributed by atoms with E-state index in [4.69, 9.17) is 9.97 Å². The number of pyridine rings is 2. The zero-order valence-corrected chi connectivity index (χ0v) is 25.7. The summed E-state index contributed by atoms with van der Waals surface area (Å²) in [4.78, 5) is 10.0. The number of aromatic nitrogens is 3. The molecular weight excluding hydrogens is 579 g/mol. The minimum atomic E-state index is 0.376. The van der Waals surface area contributed by atoms with E-state index in [2.05, 4.69) is 144 Å². The van der Waals surface area contributed by atoms with E-state index in [0.717, 1.165) is 34.4 Å². The first kappa shape index (κ1) is 25.7. The van der Waals surface area contributed by atoms with E-state index in [1.54, 1.807) is 0 Å². The first-order chi connectivity index (χ1) is 22.8. The fraction of sp³-hybridized carbons (Fsp3) is 0.0476. The summed E-state index contributed by atoms with van der Waals surface area (Å²) in [5, 5.41) is 7.49. The Hall–Kier alpha value is -5.58. The molecule has 0 spiro atoms. The second-order valence-electron chi connectivity index (χ2n) is 12.2. The standard InChI is InChI=1S/C42H27N3S/c1-2-8-26(9-3-1)27-14-17-33-35(22-27)36-23-30(15-18-34(36)42-41(33)44-40-12-6-7-21-45(40)42)37-24-29(19-20-43-37)28-13-16-32-31-10-4-5-11-38(31)46-39(32)25-28/h1-8,10-26H,9H2. The minimum Gasteiger partial charge on any atom is -0.299 e. The van der Waals surface area contributed by atoms with Crippen LogP contribution in [0.2, 0.25) is 0 Å². The molecule has 4 aromatic heterocycles. The summed E-state index contributed by atoms with van der Waals surface area (Å²) in [7, 11) is 0. The average molecular weight is 606 g/mol. The molecule has 1 aliphatic rings. The second kappa shape index (κ2) is 9.96. The third-order valence-corrected chi connectivity index (χ3v) is 10.7. The summed E-state index contributed by atoms with van der Waals surface area (Å²) in [6.07, 6.45) is 14.0. The van der Waals surface area contributed by atoms with Crippen molar-refractivity contribution >= 4 is 69.7 Å². The molecular formula is C42H27N3S. The number of hydrogen-bond donors (Lipinski definition) is 0. The van der Waals surface area contributed by atoms with Crippen molar-refractivity contribution in [2.24, 2.45) is 0 Å². The fourth-order valence-corrected chi connectivity index (χ4v) is 8.44. The Bertz CT molecular complexity index is 2740. The lowest BCUT2D eigenvalue weighted by Crippen LogP contribution is -1.96. The first-order valence-corrected chi connectivity index (χ1v) is 16.6. The second-order valence-corrected chi connectivity index (χ2v) is 13.3. The molecule has 1 atom stereocenters. The van der Waals surface area contributed by atoms with E-state index >= 15 is 0 Å². The molecule has 10 rings (SSSR count). The van der Waals surface area contributed by atoms with Gasteiger partial charge in [-0.3, -0.25) is 9.38 Å². The lowest BCUT2D eigenvalue weighted by Gasteiger charge is -2.16. The normalized spacial score (nSPS) is 14.9. The van der Waals surface area contributed by atoms with Gasteiger partial charge in [0.1, 0.15) is 5.65 Å². The van der Waals surface area contributed by atoms with Gasteiger partial charge < -0.3 is 0 Å². The predicted octanol–water partition coefficient (Wildman–Crippen LogP) is 11.5. The summed E-state index contributed by atoms with van der Waals surface area (Å²) >= 11 is 1.86. The third-order valence-electron chi connectivity index (χ3n) is 9.57. The molecule has 1 unspecified atom stereocenters. The number of hydrogen-bond acceptors (Lipinski definition) is 3. The number of imidazole rings is 1. The van der Waals surface area contributed by atoms with E-state index in [9.17, 15) is 0 Å². The van der Waals surface area contributed by atoms with E-state index in [0.29, 0.717) is 5.92 Å². The highest BCUT2D eigenvalue weighted by Gasteiger charge is 2.18. The highest BCUT2D eigenvalue weighted by Crippen LogP contribution is 2.40. The molecule has 0 saturated carbocycles. The summed E-state index contributed by atoms with van der Waals surface area (Å²) in [6.45, 7) is 0. The zero-order chi connectivity index (χ0) is 30.2. The molecule has 1 aliphatic carbocycles. The molecule has 0 fully saturated rings. The van der Waals surface area contributed by atoms with E-state index < -0.39 is 0 Å². The van der Waals surface area contributed by atoms with Crippen molar-refractivity contribution in [1.29, 1.82) is 0 Å². The van der Waals surface area contributed by atoms with Crippen LogP contribution < -0.4 is 0 Å². The molecule has 0 N–H and O–H groups in total. The number of fused-ring (bicyclic) bond motifs is 11. The molecule has 4 heteroatoms. The molecule has 46 heavy (non-hydrogen) atoms. The summed E-state index contributed by atoms with van der Waals surface area (Å²) in [5.41, 5.74) is 8.95. The molecule has 0 radical (unpaired) electrons. The SMILES string of the molecule is C1=CCC(c2ccc3c(c2)c2cc(-c4cc(-c5ccc6c(c5)sc5ccccc56)ccn4)ccc2c2c3nc3ccccn32)C=C1. The summed E-state index contributed by atoms with van der Waals surface area (Å²) in [5.74, 6) is 0.376. The van der Waals surface area contributed by atoms with Crippen LogP contribution in [-0.2, 0) is 0 Å². The van der Waals surface area contributed by atoms with Gasteiger partial charge in [0.05, 0.1) is 16.7 Å². The fourth-order valence-electron chi connectivity index (χ4n) is 7.30. The monoisotopic (exact) mass is 605 g/mol. The van der Waals surface area contributed by atoms with Crippen molar-refractivity contribution in [2.45, 2.75) is 12.3 Å². The van der Waals surface area contributed by atoms with Gasteiger partial charge >= 0.3 is 0 Å². The Balaban J connectivity index is 1.17. The van der Waals surface area contributed by atoms with Crippen LogP contribution in [0.1, 0.15) is 17.9 Å². The molecule has 4 heterocycles. The summed E-state index contributed by atoms with van der Waals surface area (Å²) < 4.78 is 4.86. The maximum Gasteiger partial charge on any atom is 0.137 e. The van der Waals surface area contributed by atoms with E-state index in [1.807, 2.05) is 17.5 Å². The van der Waals surface area contributed by atoms with Crippen LogP contribution in [0.25, 0.3) is 80.8 Å². The van der Waals surface area contributed by atoms with Crippen LogP contribution in [0.3, 0.4) is 0 Å². The lowest BCUT2D eigenvalue weighted by atomic mass is 9.89.